The van der Waals surface area contributed by atoms with Gasteiger partial charge in [0.05, 0.1) is 7.11 Å². The Labute approximate surface area is 136 Å². The Morgan fingerprint density at radius 2 is 1.91 bits per heavy atom. The van der Waals surface area contributed by atoms with Gasteiger partial charge in [-0.2, -0.15) is 0 Å². The molecule has 0 aromatic heterocycles. The van der Waals surface area contributed by atoms with Crippen molar-refractivity contribution in [3.8, 4) is 5.75 Å². The average Bonchev–Trinajstić information content (AvgIpc) is 3.15. The normalized spacial score (nSPS) is 30.8. The molecule has 3 atom stereocenters. The smallest absolute Gasteiger partial charge is 0.119 e. The zero-order chi connectivity index (χ0) is 16.2. The van der Waals surface area contributed by atoms with E-state index < -0.39 is 0 Å². The van der Waals surface area contributed by atoms with Gasteiger partial charge in [-0.05, 0) is 72.7 Å². The summed E-state index contributed by atoms with van der Waals surface area (Å²) >= 11 is 0. The lowest BCUT2D eigenvalue weighted by Gasteiger charge is -2.40. The van der Waals surface area contributed by atoms with Crippen molar-refractivity contribution in [1.82, 2.24) is 5.32 Å². The third-order valence-corrected chi connectivity index (χ3v) is 5.74. The lowest BCUT2D eigenvalue weighted by molar-refractivity contribution is 0.202. The van der Waals surface area contributed by atoms with Crippen LogP contribution >= 0.6 is 0 Å². The molecule has 1 aromatic rings. The van der Waals surface area contributed by atoms with E-state index in [0.29, 0.717) is 5.41 Å². The van der Waals surface area contributed by atoms with Crippen LogP contribution in [0.5, 0.6) is 5.75 Å². The average molecular weight is 303 g/mol. The highest BCUT2D eigenvalue weighted by molar-refractivity contribution is 5.42. The predicted octanol–water partition coefficient (Wildman–Crippen LogP) is 4.78. The number of ether oxygens (including phenoxy) is 1. The maximum atomic E-state index is 5.36. The number of benzene rings is 1. The number of rotatable bonds is 1. The van der Waals surface area contributed by atoms with Crippen LogP contribution in [0.3, 0.4) is 0 Å². The number of fused-ring (bicyclic) bond motifs is 2. The first-order valence-electron chi connectivity index (χ1n) is 9.21. The molecule has 0 radical (unpaired) electrons. The zero-order valence-corrected chi connectivity index (χ0v) is 15.0. The maximum absolute atomic E-state index is 5.36. The molecule has 124 valence electrons. The van der Waals surface area contributed by atoms with Crippen molar-refractivity contribution in [2.75, 3.05) is 20.2 Å². The lowest BCUT2D eigenvalue weighted by Crippen LogP contribution is -2.35. The van der Waals surface area contributed by atoms with Crippen LogP contribution in [0.15, 0.2) is 18.2 Å². The summed E-state index contributed by atoms with van der Waals surface area (Å²) in [5.74, 6) is 2.74. The second-order valence-electron chi connectivity index (χ2n) is 6.26. The summed E-state index contributed by atoms with van der Waals surface area (Å²) in [5, 5.41) is 3.64. The minimum Gasteiger partial charge on any atom is -0.497 e. The van der Waals surface area contributed by atoms with Crippen molar-refractivity contribution < 1.29 is 4.74 Å². The summed E-state index contributed by atoms with van der Waals surface area (Å²) in [4.78, 5) is 0. The molecule has 1 N–H and O–H groups in total. The van der Waals surface area contributed by atoms with Crippen molar-refractivity contribution >= 4 is 0 Å². The van der Waals surface area contributed by atoms with E-state index in [1.807, 2.05) is 27.7 Å². The van der Waals surface area contributed by atoms with Crippen molar-refractivity contribution in [2.24, 2.45) is 11.3 Å². The second kappa shape index (κ2) is 7.50. The summed E-state index contributed by atoms with van der Waals surface area (Å²) in [6.07, 6.45) is 5.42. The molecule has 0 unspecified atom stereocenters. The Morgan fingerprint density at radius 3 is 2.64 bits per heavy atom. The van der Waals surface area contributed by atoms with Gasteiger partial charge in [-0.25, -0.2) is 0 Å². The molecule has 1 spiro atoms. The monoisotopic (exact) mass is 303 g/mol. The van der Waals surface area contributed by atoms with E-state index in [9.17, 15) is 0 Å². The largest absolute Gasteiger partial charge is 0.497 e. The fourth-order valence-electron chi connectivity index (χ4n) is 4.84. The SMILES string of the molecule is CC.CC.COc1ccc2c(c1)CC[C@]13CNC[C@H]1CC[C@H]23. The first kappa shape index (κ1) is 17.3. The predicted molar refractivity (Wildman–Crippen MR) is 94.8 cm³/mol. The van der Waals surface area contributed by atoms with Crippen molar-refractivity contribution in [2.45, 2.75) is 59.3 Å². The summed E-state index contributed by atoms with van der Waals surface area (Å²) in [6.45, 7) is 10.5. The first-order valence-corrected chi connectivity index (χ1v) is 9.21. The van der Waals surface area contributed by atoms with Gasteiger partial charge < -0.3 is 10.1 Å². The van der Waals surface area contributed by atoms with Crippen molar-refractivity contribution in [1.29, 1.82) is 0 Å². The van der Waals surface area contributed by atoms with Gasteiger partial charge in [0.15, 0.2) is 0 Å². The Balaban J connectivity index is 0.000000410. The van der Waals surface area contributed by atoms with Gasteiger partial charge in [0.1, 0.15) is 5.75 Å². The zero-order valence-electron chi connectivity index (χ0n) is 15.0. The topological polar surface area (TPSA) is 21.3 Å². The Bertz CT molecular complexity index is 485. The van der Waals surface area contributed by atoms with Crippen LogP contribution in [0.2, 0.25) is 0 Å². The number of hydrogen-bond donors (Lipinski definition) is 1. The van der Waals surface area contributed by atoms with E-state index >= 15 is 0 Å². The number of hydrogen-bond acceptors (Lipinski definition) is 2. The highest BCUT2D eigenvalue weighted by atomic mass is 16.5. The highest BCUT2D eigenvalue weighted by Crippen LogP contribution is 2.60. The minimum atomic E-state index is 0.585. The van der Waals surface area contributed by atoms with Crippen LogP contribution in [-0.4, -0.2) is 20.2 Å². The van der Waals surface area contributed by atoms with Gasteiger partial charge in [-0.1, -0.05) is 33.8 Å². The van der Waals surface area contributed by atoms with Gasteiger partial charge in [-0.3, -0.25) is 0 Å². The van der Waals surface area contributed by atoms with Gasteiger partial charge in [0, 0.05) is 6.54 Å². The van der Waals surface area contributed by atoms with Crippen molar-refractivity contribution in [3.63, 3.8) is 0 Å². The highest BCUT2D eigenvalue weighted by Gasteiger charge is 2.54. The third-order valence-electron chi connectivity index (χ3n) is 5.74. The van der Waals surface area contributed by atoms with E-state index in [1.165, 1.54) is 44.3 Å². The molecule has 1 saturated carbocycles. The molecule has 2 nitrogen and oxygen atoms in total. The van der Waals surface area contributed by atoms with Gasteiger partial charge >= 0.3 is 0 Å². The van der Waals surface area contributed by atoms with Crippen LogP contribution in [0.25, 0.3) is 0 Å². The van der Waals surface area contributed by atoms with E-state index in [1.54, 1.807) is 12.7 Å². The van der Waals surface area contributed by atoms with E-state index in [2.05, 4.69) is 23.5 Å². The maximum Gasteiger partial charge on any atom is 0.119 e. The molecule has 2 heteroatoms. The molecule has 0 amide bonds. The van der Waals surface area contributed by atoms with E-state index in [-0.39, 0.29) is 0 Å². The fourth-order valence-corrected chi connectivity index (χ4v) is 4.84. The van der Waals surface area contributed by atoms with Crippen LogP contribution < -0.4 is 10.1 Å². The van der Waals surface area contributed by atoms with Crippen LogP contribution in [0.1, 0.15) is 64.0 Å². The molecule has 22 heavy (non-hydrogen) atoms. The van der Waals surface area contributed by atoms with Crippen LogP contribution in [-0.2, 0) is 6.42 Å². The summed E-state index contributed by atoms with van der Waals surface area (Å²) in [6, 6.07) is 6.74. The van der Waals surface area contributed by atoms with Gasteiger partial charge in [0.25, 0.3) is 0 Å². The van der Waals surface area contributed by atoms with Crippen LogP contribution in [0, 0.1) is 11.3 Å². The number of methoxy groups -OCH3 is 1. The minimum absolute atomic E-state index is 0.585. The molecule has 4 rings (SSSR count). The van der Waals surface area contributed by atoms with Crippen LogP contribution in [0.4, 0.5) is 0 Å². The number of aryl methyl sites for hydroxylation is 1. The molecule has 1 aromatic carbocycles. The Hall–Kier alpha value is -1.02. The molecular weight excluding hydrogens is 270 g/mol. The Morgan fingerprint density at radius 1 is 1.14 bits per heavy atom. The third kappa shape index (κ3) is 2.67. The Kier molecular flexibility index (Phi) is 5.91. The first-order chi connectivity index (χ1) is 10.8. The second-order valence-corrected chi connectivity index (χ2v) is 6.26. The fraction of sp³-hybridized carbons (Fsp3) is 0.700. The summed E-state index contributed by atoms with van der Waals surface area (Å²) < 4.78 is 5.36. The molecule has 1 saturated heterocycles. The molecule has 1 heterocycles. The van der Waals surface area contributed by atoms with E-state index in [0.717, 1.165) is 17.6 Å². The molecule has 3 aliphatic rings. The van der Waals surface area contributed by atoms with E-state index in [4.69, 9.17) is 4.74 Å². The van der Waals surface area contributed by atoms with Gasteiger partial charge in [-0.15, -0.1) is 0 Å². The number of nitrogens with one attached hydrogen (secondary N) is 1. The standard InChI is InChI=1S/C16H21NO.2C2H6/c1-18-13-3-4-14-11(8-13)6-7-16-10-17-9-12(16)2-5-15(14)16;2*1-2/h3-4,8,12,15,17H,2,5-7,9-10H2,1H3;2*1-2H3/t12-,15-,16+;;/m1../s1. The molecule has 2 aliphatic carbocycles. The molecule has 2 fully saturated rings. The molecule has 0 bridgehead atoms. The molecular formula is C20H33NO. The van der Waals surface area contributed by atoms with Gasteiger partial charge in [0.2, 0.25) is 0 Å². The molecule has 1 aliphatic heterocycles. The lowest BCUT2D eigenvalue weighted by atomic mass is 9.63. The summed E-state index contributed by atoms with van der Waals surface area (Å²) in [7, 11) is 1.76. The summed E-state index contributed by atoms with van der Waals surface area (Å²) in [5.41, 5.74) is 3.74. The van der Waals surface area contributed by atoms with Crippen molar-refractivity contribution in [3.05, 3.63) is 29.3 Å². The quantitative estimate of drug-likeness (QED) is 0.806.